The molecular weight excluding hydrogens is 515 g/mol. The van der Waals surface area contributed by atoms with E-state index in [1.165, 1.54) is 7.11 Å². The third-order valence-corrected chi connectivity index (χ3v) is 7.40. The molecule has 2 aromatic heterocycles. The Labute approximate surface area is 221 Å². The molecule has 208 valence electrons. The van der Waals surface area contributed by atoms with Gasteiger partial charge in [-0.05, 0) is 38.8 Å². The van der Waals surface area contributed by atoms with Crippen LogP contribution in [0.2, 0.25) is 0 Å². The van der Waals surface area contributed by atoms with Crippen LogP contribution in [0.3, 0.4) is 0 Å². The number of benzene rings is 1. The van der Waals surface area contributed by atoms with E-state index in [9.17, 15) is 4.57 Å². The first-order valence-electron chi connectivity index (χ1n) is 12.4. The van der Waals surface area contributed by atoms with Crippen LogP contribution in [0.15, 0.2) is 36.7 Å². The fourth-order valence-corrected chi connectivity index (χ4v) is 5.37. The van der Waals surface area contributed by atoms with Crippen LogP contribution in [0.4, 0.5) is 5.95 Å². The highest BCUT2D eigenvalue weighted by Crippen LogP contribution is 2.46. The molecular formula is C24H35N6O7P. The lowest BCUT2D eigenvalue weighted by atomic mass is 10.00. The molecule has 3 N–H and O–H groups in total. The molecule has 14 heteroatoms. The number of nitrogens with zero attached hydrogens (tertiary/aromatic N) is 4. The first-order chi connectivity index (χ1) is 18.3. The average molecular weight is 551 g/mol. The maximum absolute atomic E-state index is 13.6. The summed E-state index contributed by atoms with van der Waals surface area (Å²) in [7, 11) is -0.631. The molecule has 0 spiro atoms. The van der Waals surface area contributed by atoms with Crippen molar-refractivity contribution in [1.29, 1.82) is 0 Å². The summed E-state index contributed by atoms with van der Waals surface area (Å²) in [5, 5.41) is 2.78. The van der Waals surface area contributed by atoms with Crippen LogP contribution in [-0.2, 0) is 23.3 Å². The Hall–Kier alpha value is -2.80. The van der Waals surface area contributed by atoms with Crippen molar-refractivity contribution in [2.45, 2.75) is 45.1 Å². The highest BCUT2D eigenvalue weighted by Gasteiger charge is 2.39. The zero-order valence-corrected chi connectivity index (χ0v) is 22.9. The molecule has 3 aromatic rings. The maximum atomic E-state index is 13.6. The molecule has 1 fully saturated rings. The van der Waals surface area contributed by atoms with Crippen molar-refractivity contribution >= 4 is 24.9 Å². The third-order valence-electron chi connectivity index (χ3n) is 5.94. The molecule has 1 aliphatic rings. The minimum atomic E-state index is -3.78. The number of aromatic nitrogens is 4. The van der Waals surface area contributed by atoms with Gasteiger partial charge >= 0.3 is 7.75 Å². The molecule has 1 aliphatic heterocycles. The smallest absolute Gasteiger partial charge is 0.460 e. The number of nitrogens with two attached hydrogens (primary N) is 1. The van der Waals surface area contributed by atoms with Crippen molar-refractivity contribution in [3.63, 3.8) is 0 Å². The van der Waals surface area contributed by atoms with Gasteiger partial charge in [0.05, 0.1) is 32.3 Å². The zero-order valence-electron chi connectivity index (χ0n) is 22.0. The molecule has 0 saturated carbocycles. The number of rotatable bonds is 14. The highest BCUT2D eigenvalue weighted by molar-refractivity contribution is 7.52. The lowest BCUT2D eigenvalue weighted by Crippen LogP contribution is -2.25. The van der Waals surface area contributed by atoms with Crippen LogP contribution < -0.4 is 20.1 Å². The summed E-state index contributed by atoms with van der Waals surface area (Å²) >= 11 is 0. The Morgan fingerprint density at radius 3 is 2.74 bits per heavy atom. The number of hydrogen-bond acceptors (Lipinski definition) is 11. The minimum Gasteiger partial charge on any atom is -0.479 e. The molecule has 13 nitrogen and oxygen atoms in total. The summed E-state index contributed by atoms with van der Waals surface area (Å²) in [4.78, 5) is 12.9. The number of ether oxygens (including phenoxy) is 4. The number of methoxy groups -OCH3 is 2. The summed E-state index contributed by atoms with van der Waals surface area (Å²) < 4.78 is 49.5. The van der Waals surface area contributed by atoms with Crippen molar-refractivity contribution < 1.29 is 32.6 Å². The first-order valence-corrected chi connectivity index (χ1v) is 13.9. The molecule has 1 aromatic carbocycles. The predicted molar refractivity (Wildman–Crippen MR) is 140 cm³/mol. The minimum absolute atomic E-state index is 0.00359. The Kier molecular flexibility index (Phi) is 9.53. The van der Waals surface area contributed by atoms with E-state index in [1.807, 2.05) is 24.5 Å². The molecule has 4 rings (SSSR count). The number of hydrogen-bond donors (Lipinski definition) is 2. The van der Waals surface area contributed by atoms with Crippen LogP contribution >= 0.6 is 7.75 Å². The van der Waals surface area contributed by atoms with E-state index >= 15 is 0 Å². The van der Waals surface area contributed by atoms with E-state index in [4.69, 9.17) is 33.7 Å². The van der Waals surface area contributed by atoms with Gasteiger partial charge in [-0.25, -0.2) is 9.55 Å². The Balaban J connectivity index is 1.51. The van der Waals surface area contributed by atoms with Crippen molar-refractivity contribution in [3.05, 3.63) is 36.7 Å². The number of para-hydroxylation sites is 1. The third kappa shape index (κ3) is 6.99. The maximum Gasteiger partial charge on any atom is 0.460 e. The van der Waals surface area contributed by atoms with Crippen LogP contribution in [0.5, 0.6) is 11.6 Å². The van der Waals surface area contributed by atoms with Crippen LogP contribution in [-0.4, -0.2) is 65.9 Å². The van der Waals surface area contributed by atoms with Gasteiger partial charge in [0, 0.05) is 19.6 Å². The van der Waals surface area contributed by atoms with Gasteiger partial charge in [0.15, 0.2) is 11.2 Å². The van der Waals surface area contributed by atoms with Gasteiger partial charge in [0.2, 0.25) is 11.8 Å². The standard InChI is InChI=1S/C24H35N6O7P/c1-16(2)34-15-27-38(31,37-18-8-6-5-7-9-18)35-13-19-12-17(10-11-32-3)23(36-19)30-14-26-20-21(30)28-24(25)29-22(20)33-4/h5-9,14,16-17,19,23H,10-13,15H2,1-4H3,(H,27,31)(H2,25,28,29). The van der Waals surface area contributed by atoms with Gasteiger partial charge in [0.1, 0.15) is 18.7 Å². The quantitative estimate of drug-likeness (QED) is 0.223. The molecule has 0 bridgehead atoms. The monoisotopic (exact) mass is 550 g/mol. The molecule has 38 heavy (non-hydrogen) atoms. The van der Waals surface area contributed by atoms with Gasteiger partial charge < -0.3 is 29.2 Å². The zero-order chi connectivity index (χ0) is 27.1. The van der Waals surface area contributed by atoms with Crippen LogP contribution in [0.25, 0.3) is 11.2 Å². The molecule has 1 saturated heterocycles. The summed E-state index contributed by atoms with van der Waals surface area (Å²) in [6.07, 6.45) is 2.08. The summed E-state index contributed by atoms with van der Waals surface area (Å²) in [5.74, 6) is 0.796. The van der Waals surface area contributed by atoms with Crippen molar-refractivity contribution in [1.82, 2.24) is 24.6 Å². The van der Waals surface area contributed by atoms with E-state index < -0.39 is 14.0 Å². The summed E-state index contributed by atoms with van der Waals surface area (Å²) in [6.45, 7) is 4.31. The Morgan fingerprint density at radius 1 is 1.24 bits per heavy atom. The van der Waals surface area contributed by atoms with Gasteiger partial charge in [0.25, 0.3) is 0 Å². The summed E-state index contributed by atoms with van der Waals surface area (Å²) in [5.41, 5.74) is 6.87. The largest absolute Gasteiger partial charge is 0.479 e. The number of anilines is 1. The number of imidazole rings is 1. The van der Waals surface area contributed by atoms with Crippen molar-refractivity contribution in [2.75, 3.05) is 39.9 Å². The SMILES string of the molecule is COCCC1CC(COP(=O)(NCOC(C)C)Oc2ccccc2)OC1n1cnc2c(OC)nc(N)nc21. The normalized spacial score (nSPS) is 21.1. The Morgan fingerprint density at radius 2 is 2.03 bits per heavy atom. The van der Waals surface area contributed by atoms with E-state index in [0.29, 0.717) is 36.4 Å². The van der Waals surface area contributed by atoms with E-state index in [1.54, 1.807) is 37.7 Å². The second kappa shape index (κ2) is 12.8. The van der Waals surface area contributed by atoms with Gasteiger partial charge in [-0.2, -0.15) is 15.1 Å². The van der Waals surface area contributed by atoms with Gasteiger partial charge in [-0.1, -0.05) is 18.2 Å². The second-order valence-corrected chi connectivity index (χ2v) is 10.8. The topological polar surface area (TPSA) is 154 Å². The lowest BCUT2D eigenvalue weighted by molar-refractivity contribution is -0.0316. The molecule has 3 heterocycles. The number of fused-ring (bicyclic) bond motifs is 1. The molecule has 4 atom stereocenters. The highest BCUT2D eigenvalue weighted by atomic mass is 31.2. The van der Waals surface area contributed by atoms with Crippen molar-refractivity contribution in [2.24, 2.45) is 5.92 Å². The number of nitrogen functional groups attached to an aromatic ring is 1. The molecule has 0 radical (unpaired) electrons. The predicted octanol–water partition coefficient (Wildman–Crippen LogP) is 3.53. The van der Waals surface area contributed by atoms with E-state index in [2.05, 4.69) is 20.0 Å². The van der Waals surface area contributed by atoms with Crippen molar-refractivity contribution in [3.8, 4) is 11.6 Å². The van der Waals surface area contributed by atoms with Gasteiger partial charge in [-0.3, -0.25) is 9.09 Å². The van der Waals surface area contributed by atoms with Crippen LogP contribution in [0, 0.1) is 5.92 Å². The lowest BCUT2D eigenvalue weighted by Gasteiger charge is -2.22. The fourth-order valence-electron chi connectivity index (χ4n) is 4.17. The first kappa shape index (κ1) is 28.2. The number of nitrogens with one attached hydrogen (secondary N) is 1. The van der Waals surface area contributed by atoms with E-state index in [0.717, 1.165) is 0 Å². The average Bonchev–Trinajstić information content (AvgIpc) is 3.49. The second-order valence-electron chi connectivity index (χ2n) is 9.06. The van der Waals surface area contributed by atoms with E-state index in [-0.39, 0.29) is 43.3 Å². The molecule has 0 aliphatic carbocycles. The Bertz CT molecular complexity index is 1230. The molecule has 4 unspecified atom stereocenters. The summed E-state index contributed by atoms with van der Waals surface area (Å²) in [6, 6.07) is 8.83. The fraction of sp³-hybridized carbons (Fsp3) is 0.542. The molecule has 0 amide bonds. The van der Waals surface area contributed by atoms with Gasteiger partial charge in [-0.15, -0.1) is 0 Å². The van der Waals surface area contributed by atoms with Crippen LogP contribution in [0.1, 0.15) is 32.9 Å².